The van der Waals surface area contributed by atoms with Crippen molar-refractivity contribution in [3.63, 3.8) is 0 Å². The highest BCUT2D eigenvalue weighted by Gasteiger charge is 2.50. The monoisotopic (exact) mass is 366 g/mol. The van der Waals surface area contributed by atoms with Crippen LogP contribution in [0.15, 0.2) is 30.3 Å². The largest absolute Gasteiger partial charge is 0.480 e. The van der Waals surface area contributed by atoms with Gasteiger partial charge in [0.1, 0.15) is 6.54 Å². The summed E-state index contributed by atoms with van der Waals surface area (Å²) >= 11 is 0. The Balaban J connectivity index is 0.00000225. The van der Waals surface area contributed by atoms with E-state index in [2.05, 4.69) is 43.3 Å². The highest BCUT2D eigenvalue weighted by molar-refractivity contribution is 5.85. The maximum atomic E-state index is 12.2. The molecule has 25 heavy (non-hydrogen) atoms. The SMILES string of the molecule is CN(C)[C@]1(c2ccccc2)CC[C@@]2(CC1)CC(=O)N(CC(=O)O)C2.Cl. The van der Waals surface area contributed by atoms with Crippen LogP contribution in [-0.4, -0.2) is 54.0 Å². The molecule has 1 aromatic rings. The molecule has 1 N–H and O–H groups in total. The number of benzene rings is 1. The number of carboxylic acid groups (broad SMARTS) is 1. The molecule has 3 rings (SSSR count). The normalized spacial score (nSPS) is 29.1. The summed E-state index contributed by atoms with van der Waals surface area (Å²) in [7, 11) is 4.25. The van der Waals surface area contributed by atoms with E-state index in [-0.39, 0.29) is 35.8 Å². The summed E-state index contributed by atoms with van der Waals surface area (Å²) < 4.78 is 0. The molecule has 0 unspecified atom stereocenters. The molecule has 6 heteroatoms. The Labute approximate surface area is 155 Å². The molecule has 1 saturated heterocycles. The number of hydrogen-bond acceptors (Lipinski definition) is 3. The zero-order valence-corrected chi connectivity index (χ0v) is 15.7. The molecule has 1 amide bonds. The lowest BCUT2D eigenvalue weighted by Gasteiger charge is -2.48. The van der Waals surface area contributed by atoms with Crippen molar-refractivity contribution in [1.82, 2.24) is 9.80 Å². The van der Waals surface area contributed by atoms with Gasteiger partial charge in [0.15, 0.2) is 0 Å². The van der Waals surface area contributed by atoms with Crippen molar-refractivity contribution >= 4 is 24.3 Å². The van der Waals surface area contributed by atoms with Crippen molar-refractivity contribution in [3.05, 3.63) is 35.9 Å². The Morgan fingerprint density at radius 3 is 2.28 bits per heavy atom. The van der Waals surface area contributed by atoms with Crippen LogP contribution in [0.3, 0.4) is 0 Å². The van der Waals surface area contributed by atoms with Gasteiger partial charge in [0, 0.05) is 18.5 Å². The highest BCUT2D eigenvalue weighted by Crippen LogP contribution is 2.51. The van der Waals surface area contributed by atoms with Gasteiger partial charge in [0.2, 0.25) is 5.91 Å². The number of likely N-dealkylation sites (tertiary alicyclic amines) is 1. The lowest BCUT2D eigenvalue weighted by Crippen LogP contribution is -2.47. The predicted molar refractivity (Wildman–Crippen MR) is 98.8 cm³/mol. The average Bonchev–Trinajstić information content (AvgIpc) is 2.84. The molecule has 1 heterocycles. The van der Waals surface area contributed by atoms with Crippen molar-refractivity contribution in [2.24, 2.45) is 5.41 Å². The maximum Gasteiger partial charge on any atom is 0.323 e. The van der Waals surface area contributed by atoms with E-state index in [4.69, 9.17) is 5.11 Å². The summed E-state index contributed by atoms with van der Waals surface area (Å²) in [5.74, 6) is -0.933. The Morgan fingerprint density at radius 1 is 1.16 bits per heavy atom. The third kappa shape index (κ3) is 3.67. The molecule has 5 nitrogen and oxygen atoms in total. The smallest absolute Gasteiger partial charge is 0.323 e. The highest BCUT2D eigenvalue weighted by atomic mass is 35.5. The number of halogens is 1. The molecule has 1 spiro atoms. The first-order chi connectivity index (χ1) is 11.4. The van der Waals surface area contributed by atoms with Gasteiger partial charge in [0.25, 0.3) is 0 Å². The van der Waals surface area contributed by atoms with E-state index >= 15 is 0 Å². The molecule has 1 aliphatic heterocycles. The minimum atomic E-state index is -0.928. The zero-order chi connectivity index (χ0) is 17.4. The summed E-state index contributed by atoms with van der Waals surface area (Å²) in [5.41, 5.74) is 1.30. The van der Waals surface area contributed by atoms with Crippen molar-refractivity contribution in [3.8, 4) is 0 Å². The molecule has 0 radical (unpaired) electrons. The van der Waals surface area contributed by atoms with Gasteiger partial charge < -0.3 is 10.0 Å². The molecular weight excluding hydrogens is 340 g/mol. The fourth-order valence-electron chi connectivity index (χ4n) is 4.56. The standard InChI is InChI=1S/C19H26N2O3.ClH/c1-20(2)19(15-6-4-3-5-7-15)10-8-18(9-11-19)12-16(22)21(14-18)13-17(23)24;/h3-7H,8-14H2,1-2H3,(H,23,24);1H/t18-,19-;. The third-order valence-corrected chi connectivity index (χ3v) is 6.04. The summed E-state index contributed by atoms with van der Waals surface area (Å²) in [4.78, 5) is 27.0. The quantitative estimate of drug-likeness (QED) is 0.890. The third-order valence-electron chi connectivity index (χ3n) is 6.04. The average molecular weight is 367 g/mol. The van der Waals surface area contributed by atoms with Crippen LogP contribution in [0.5, 0.6) is 0 Å². The maximum absolute atomic E-state index is 12.2. The van der Waals surface area contributed by atoms with Crippen molar-refractivity contribution in [2.45, 2.75) is 37.6 Å². The number of amides is 1. The van der Waals surface area contributed by atoms with Crippen LogP contribution in [0.4, 0.5) is 0 Å². The first-order valence-electron chi connectivity index (χ1n) is 8.60. The number of hydrogen-bond donors (Lipinski definition) is 1. The van der Waals surface area contributed by atoms with Crippen LogP contribution in [0.1, 0.15) is 37.7 Å². The molecule has 2 fully saturated rings. The van der Waals surface area contributed by atoms with Crippen LogP contribution in [-0.2, 0) is 15.1 Å². The van der Waals surface area contributed by atoms with Crippen LogP contribution in [0.25, 0.3) is 0 Å². The van der Waals surface area contributed by atoms with E-state index in [0.29, 0.717) is 13.0 Å². The fraction of sp³-hybridized carbons (Fsp3) is 0.579. The van der Waals surface area contributed by atoms with Crippen LogP contribution in [0, 0.1) is 5.41 Å². The van der Waals surface area contributed by atoms with E-state index in [1.54, 1.807) is 0 Å². The summed E-state index contributed by atoms with van der Waals surface area (Å²) in [6.07, 6.45) is 4.42. The zero-order valence-electron chi connectivity index (χ0n) is 14.9. The second kappa shape index (κ2) is 7.34. The minimum Gasteiger partial charge on any atom is -0.480 e. The Hall–Kier alpha value is -1.59. The Kier molecular flexibility index (Phi) is 5.79. The molecule has 1 saturated carbocycles. The molecule has 0 atom stereocenters. The molecule has 1 aromatic carbocycles. The minimum absolute atomic E-state index is 0. The van der Waals surface area contributed by atoms with Crippen LogP contribution >= 0.6 is 12.4 Å². The topological polar surface area (TPSA) is 60.9 Å². The number of carbonyl (C=O) groups is 2. The molecule has 1 aliphatic carbocycles. The first-order valence-corrected chi connectivity index (χ1v) is 8.60. The van der Waals surface area contributed by atoms with Crippen LogP contribution < -0.4 is 0 Å². The van der Waals surface area contributed by atoms with Gasteiger partial charge >= 0.3 is 5.97 Å². The van der Waals surface area contributed by atoms with E-state index in [1.807, 2.05) is 6.07 Å². The van der Waals surface area contributed by atoms with Gasteiger partial charge in [-0.15, -0.1) is 12.4 Å². The molecule has 0 aromatic heterocycles. The second-order valence-corrected chi connectivity index (χ2v) is 7.61. The summed E-state index contributed by atoms with van der Waals surface area (Å²) in [6.45, 7) is 0.425. The number of nitrogens with zero attached hydrogens (tertiary/aromatic N) is 2. The first kappa shape index (κ1) is 19.7. The van der Waals surface area contributed by atoms with Crippen molar-refractivity contribution < 1.29 is 14.7 Å². The summed E-state index contributed by atoms with van der Waals surface area (Å²) in [6, 6.07) is 10.6. The van der Waals surface area contributed by atoms with Crippen molar-refractivity contribution in [2.75, 3.05) is 27.2 Å². The number of aliphatic carboxylic acids is 1. The van der Waals surface area contributed by atoms with E-state index < -0.39 is 5.97 Å². The van der Waals surface area contributed by atoms with E-state index in [0.717, 1.165) is 25.7 Å². The number of carboxylic acids is 1. The van der Waals surface area contributed by atoms with E-state index in [9.17, 15) is 9.59 Å². The molecule has 138 valence electrons. The predicted octanol–water partition coefficient (Wildman–Crippen LogP) is 2.74. The van der Waals surface area contributed by atoms with Gasteiger partial charge in [-0.25, -0.2) is 0 Å². The number of carbonyl (C=O) groups excluding carboxylic acids is 1. The molecule has 2 aliphatic rings. The van der Waals surface area contributed by atoms with Gasteiger partial charge in [-0.2, -0.15) is 0 Å². The van der Waals surface area contributed by atoms with E-state index in [1.165, 1.54) is 10.5 Å². The molecule has 0 bridgehead atoms. The van der Waals surface area contributed by atoms with Gasteiger partial charge in [0.05, 0.1) is 0 Å². The lowest BCUT2D eigenvalue weighted by atomic mass is 9.64. The Morgan fingerprint density at radius 2 is 1.76 bits per heavy atom. The Bertz CT molecular complexity index is 625. The van der Waals surface area contributed by atoms with Gasteiger partial charge in [-0.1, -0.05) is 30.3 Å². The van der Waals surface area contributed by atoms with Crippen LogP contribution in [0.2, 0.25) is 0 Å². The fourth-order valence-corrected chi connectivity index (χ4v) is 4.56. The van der Waals surface area contributed by atoms with Gasteiger partial charge in [-0.05, 0) is 50.8 Å². The lowest BCUT2D eigenvalue weighted by molar-refractivity contribution is -0.142. The molecular formula is C19H27ClN2O3. The van der Waals surface area contributed by atoms with Gasteiger partial charge in [-0.3, -0.25) is 14.5 Å². The number of rotatable bonds is 4. The van der Waals surface area contributed by atoms with Crippen molar-refractivity contribution in [1.29, 1.82) is 0 Å². The summed E-state index contributed by atoms with van der Waals surface area (Å²) in [5, 5.41) is 8.98. The second-order valence-electron chi connectivity index (χ2n) is 7.61.